The molecule has 8 nitrogen and oxygen atoms in total. The van der Waals surface area contributed by atoms with Gasteiger partial charge in [0.15, 0.2) is 0 Å². The number of nitrogens with zero attached hydrogens (tertiary/aromatic N) is 3. The van der Waals surface area contributed by atoms with Crippen molar-refractivity contribution in [3.05, 3.63) is 47.5 Å². The molecule has 0 unspecified atom stereocenters. The first-order valence-corrected chi connectivity index (χ1v) is 10.5. The molecule has 2 aromatic heterocycles. The summed E-state index contributed by atoms with van der Waals surface area (Å²) < 4.78 is 25.6. The van der Waals surface area contributed by atoms with Gasteiger partial charge in [-0.1, -0.05) is 11.2 Å². The summed E-state index contributed by atoms with van der Waals surface area (Å²) in [6.07, 6.45) is 2.90. The Morgan fingerprint density at radius 2 is 2.13 bits per heavy atom. The SMILES string of the molecule is COc1cccc(F)c1-c1cc(C)ncc1C(=O)Nc1nnc(OCC23CC2(O)C3)s1. The first-order valence-electron chi connectivity index (χ1n) is 9.64. The molecule has 2 heterocycles. The Hall–Kier alpha value is -3.11. The summed E-state index contributed by atoms with van der Waals surface area (Å²) in [6, 6.07) is 6.11. The Bertz CT molecular complexity index is 1190. The van der Waals surface area contributed by atoms with Gasteiger partial charge >= 0.3 is 0 Å². The van der Waals surface area contributed by atoms with Crippen LogP contribution in [0.4, 0.5) is 9.52 Å². The number of carbonyl (C=O) groups excluding carboxylic acids is 1. The number of pyridine rings is 1. The number of benzene rings is 1. The predicted molar refractivity (Wildman–Crippen MR) is 111 cm³/mol. The highest BCUT2D eigenvalue weighted by Crippen LogP contribution is 2.78. The number of fused-ring (bicyclic) bond motifs is 1. The highest BCUT2D eigenvalue weighted by atomic mass is 32.1. The number of ether oxygens (including phenoxy) is 2. The van der Waals surface area contributed by atoms with Crippen LogP contribution < -0.4 is 14.8 Å². The van der Waals surface area contributed by atoms with Gasteiger partial charge in [0.1, 0.15) is 11.6 Å². The molecule has 0 atom stereocenters. The van der Waals surface area contributed by atoms with Crippen LogP contribution in [0, 0.1) is 18.2 Å². The molecule has 0 saturated heterocycles. The normalized spacial score (nSPS) is 23.1. The van der Waals surface area contributed by atoms with E-state index >= 15 is 0 Å². The molecule has 2 aliphatic rings. The van der Waals surface area contributed by atoms with Crippen molar-refractivity contribution in [2.45, 2.75) is 25.4 Å². The topological polar surface area (TPSA) is 106 Å². The van der Waals surface area contributed by atoms with E-state index in [1.807, 2.05) is 0 Å². The molecule has 2 aliphatic carbocycles. The minimum Gasteiger partial charge on any atom is -0.496 e. The number of nitrogens with one attached hydrogen (secondary N) is 1. The summed E-state index contributed by atoms with van der Waals surface area (Å²) in [6.45, 7) is 2.14. The summed E-state index contributed by atoms with van der Waals surface area (Å²) in [5.74, 6) is -0.705. The number of carbonyl (C=O) groups is 1. The third-order valence-electron chi connectivity index (χ3n) is 5.85. The second-order valence-electron chi connectivity index (χ2n) is 7.97. The summed E-state index contributed by atoms with van der Waals surface area (Å²) in [5, 5.41) is 21.0. The number of anilines is 1. The fourth-order valence-corrected chi connectivity index (χ4v) is 4.37. The van der Waals surface area contributed by atoms with Gasteiger partial charge in [0, 0.05) is 22.9 Å². The monoisotopic (exact) mass is 442 g/mol. The molecular formula is C21H19FN4O4S. The first-order chi connectivity index (χ1) is 14.8. The summed E-state index contributed by atoms with van der Waals surface area (Å²) in [5.41, 5.74) is 0.680. The molecule has 0 radical (unpaired) electrons. The van der Waals surface area contributed by atoms with Gasteiger partial charge in [-0.2, -0.15) is 0 Å². The number of halogens is 1. The van der Waals surface area contributed by atoms with Crippen LogP contribution in [0.1, 0.15) is 28.9 Å². The van der Waals surface area contributed by atoms with Crippen molar-refractivity contribution < 1.29 is 23.8 Å². The molecule has 2 fully saturated rings. The molecule has 1 amide bonds. The zero-order valence-corrected chi connectivity index (χ0v) is 17.6. The van der Waals surface area contributed by atoms with Crippen LogP contribution >= 0.6 is 11.3 Å². The van der Waals surface area contributed by atoms with Crippen LogP contribution in [-0.4, -0.2) is 45.5 Å². The van der Waals surface area contributed by atoms with E-state index in [2.05, 4.69) is 20.5 Å². The number of hydrogen-bond acceptors (Lipinski definition) is 8. The lowest BCUT2D eigenvalue weighted by Gasteiger charge is -2.14. The van der Waals surface area contributed by atoms with Crippen molar-refractivity contribution in [2.24, 2.45) is 5.41 Å². The quantitative estimate of drug-likeness (QED) is 0.579. The lowest BCUT2D eigenvalue weighted by molar-refractivity contribution is 0.102. The molecule has 0 aliphatic heterocycles. The number of aromatic nitrogens is 3. The Kier molecular flexibility index (Phi) is 4.45. The fourth-order valence-electron chi connectivity index (χ4n) is 3.78. The van der Waals surface area contributed by atoms with Crippen LogP contribution in [0.2, 0.25) is 0 Å². The molecular weight excluding hydrogens is 423 g/mol. The van der Waals surface area contributed by atoms with Crippen molar-refractivity contribution in [2.75, 3.05) is 19.0 Å². The van der Waals surface area contributed by atoms with Crippen LogP contribution in [0.3, 0.4) is 0 Å². The van der Waals surface area contributed by atoms with Gasteiger partial charge in [-0.15, -0.1) is 5.10 Å². The largest absolute Gasteiger partial charge is 0.496 e. The second-order valence-corrected chi connectivity index (χ2v) is 8.91. The molecule has 2 saturated carbocycles. The van der Waals surface area contributed by atoms with Crippen LogP contribution in [0.5, 0.6) is 10.9 Å². The zero-order valence-electron chi connectivity index (χ0n) is 16.8. The van der Waals surface area contributed by atoms with Crippen LogP contribution in [-0.2, 0) is 0 Å². The average Bonchev–Trinajstić information content (AvgIpc) is 3.39. The average molecular weight is 442 g/mol. The van der Waals surface area contributed by atoms with Crippen molar-refractivity contribution in [1.29, 1.82) is 0 Å². The third kappa shape index (κ3) is 3.41. The van der Waals surface area contributed by atoms with Crippen molar-refractivity contribution >= 4 is 22.4 Å². The minimum absolute atomic E-state index is 0.122. The number of aliphatic hydroxyl groups is 1. The number of methoxy groups -OCH3 is 1. The van der Waals surface area contributed by atoms with E-state index in [9.17, 15) is 14.3 Å². The van der Waals surface area contributed by atoms with Crippen molar-refractivity contribution in [3.63, 3.8) is 0 Å². The molecule has 1 aromatic carbocycles. The van der Waals surface area contributed by atoms with E-state index in [0.29, 0.717) is 28.8 Å². The minimum atomic E-state index is -0.544. The van der Waals surface area contributed by atoms with E-state index in [-0.39, 0.29) is 21.7 Å². The molecule has 10 heteroatoms. The molecule has 2 N–H and O–H groups in total. The highest BCUT2D eigenvalue weighted by Gasteiger charge is 2.83. The van der Waals surface area contributed by atoms with E-state index in [4.69, 9.17) is 9.47 Å². The smallest absolute Gasteiger partial charge is 0.295 e. The summed E-state index contributed by atoms with van der Waals surface area (Å²) >= 11 is 1.08. The number of amides is 1. The fraction of sp³-hybridized carbons (Fsp3) is 0.333. The van der Waals surface area contributed by atoms with Gasteiger partial charge in [-0.05, 0) is 49.3 Å². The number of aryl methyl sites for hydroxylation is 1. The Balaban J connectivity index is 1.37. The van der Waals surface area contributed by atoms with E-state index < -0.39 is 17.3 Å². The van der Waals surface area contributed by atoms with Crippen molar-refractivity contribution in [1.82, 2.24) is 15.2 Å². The Labute approximate surface area is 181 Å². The van der Waals surface area contributed by atoms with Gasteiger partial charge in [0.25, 0.3) is 11.1 Å². The molecule has 3 aromatic rings. The van der Waals surface area contributed by atoms with E-state index in [1.165, 1.54) is 25.4 Å². The van der Waals surface area contributed by atoms with Gasteiger partial charge in [-0.3, -0.25) is 15.1 Å². The number of hydrogen-bond donors (Lipinski definition) is 2. The maximum atomic E-state index is 14.7. The number of rotatable bonds is 7. The highest BCUT2D eigenvalue weighted by molar-refractivity contribution is 7.17. The predicted octanol–water partition coefficient (Wildman–Crippen LogP) is 3.21. The molecule has 5 rings (SSSR count). The van der Waals surface area contributed by atoms with Crippen LogP contribution in [0.15, 0.2) is 30.5 Å². The van der Waals surface area contributed by atoms with Gasteiger partial charge in [-0.25, -0.2) is 4.39 Å². The standard InChI is InChI=1S/C21H19FN4O4S/c1-11-6-12(16-14(22)4-3-5-15(16)29-2)13(7-23-11)17(27)24-18-25-26-19(31-18)30-10-20-8-21(20,28)9-20/h3-7,28H,8-10H2,1-2H3,(H,24,25,27). The van der Waals surface area contributed by atoms with Gasteiger partial charge in [0.2, 0.25) is 5.13 Å². The lowest BCUT2D eigenvalue weighted by atomic mass is 9.98. The van der Waals surface area contributed by atoms with Crippen molar-refractivity contribution in [3.8, 4) is 22.1 Å². The zero-order chi connectivity index (χ0) is 21.8. The van der Waals surface area contributed by atoms with Crippen LogP contribution in [0.25, 0.3) is 11.1 Å². The molecule has 31 heavy (non-hydrogen) atoms. The van der Waals surface area contributed by atoms with Gasteiger partial charge < -0.3 is 14.6 Å². The molecule has 160 valence electrons. The van der Waals surface area contributed by atoms with Gasteiger partial charge in [0.05, 0.1) is 30.4 Å². The Morgan fingerprint density at radius 3 is 2.84 bits per heavy atom. The molecule has 0 spiro atoms. The first kappa shape index (κ1) is 19.8. The second kappa shape index (κ2) is 6.96. The molecule has 0 bridgehead atoms. The maximum Gasteiger partial charge on any atom is 0.295 e. The summed E-state index contributed by atoms with van der Waals surface area (Å²) in [7, 11) is 1.44. The Morgan fingerprint density at radius 1 is 1.35 bits per heavy atom. The van der Waals surface area contributed by atoms with E-state index in [1.54, 1.807) is 19.1 Å². The summed E-state index contributed by atoms with van der Waals surface area (Å²) in [4.78, 5) is 17.2. The third-order valence-corrected chi connectivity index (χ3v) is 6.60. The maximum absolute atomic E-state index is 14.7. The van der Waals surface area contributed by atoms with E-state index in [0.717, 1.165) is 24.2 Å². The lowest BCUT2D eigenvalue weighted by Crippen LogP contribution is -2.14.